The maximum atomic E-state index is 12.7. The van der Waals surface area contributed by atoms with Gasteiger partial charge in [-0.2, -0.15) is 0 Å². The van der Waals surface area contributed by atoms with E-state index in [1.807, 2.05) is 25.1 Å². The molecule has 2 heterocycles. The zero-order valence-electron chi connectivity index (χ0n) is 16.9. The Labute approximate surface area is 166 Å². The fraction of sp³-hybridized carbons (Fsp3) is 0.391. The summed E-state index contributed by atoms with van der Waals surface area (Å²) in [6.45, 7) is 6.77. The number of imidazole rings is 1. The van der Waals surface area contributed by atoms with Crippen LogP contribution in [0.2, 0.25) is 0 Å². The van der Waals surface area contributed by atoms with Gasteiger partial charge in [0.1, 0.15) is 5.82 Å². The molecule has 146 valence electrons. The van der Waals surface area contributed by atoms with E-state index >= 15 is 0 Å². The van der Waals surface area contributed by atoms with Gasteiger partial charge >= 0.3 is 0 Å². The summed E-state index contributed by atoms with van der Waals surface area (Å²) >= 11 is 0. The second-order valence-corrected chi connectivity index (χ2v) is 7.93. The van der Waals surface area contributed by atoms with E-state index < -0.39 is 0 Å². The molecule has 0 unspecified atom stereocenters. The quantitative estimate of drug-likeness (QED) is 0.748. The summed E-state index contributed by atoms with van der Waals surface area (Å²) in [7, 11) is 2.08. The number of benzene rings is 2. The van der Waals surface area contributed by atoms with Crippen LogP contribution in [0.4, 0.5) is 5.69 Å². The number of piperidine rings is 1. The topological polar surface area (TPSA) is 50.2 Å². The Morgan fingerprint density at radius 1 is 1.14 bits per heavy atom. The summed E-state index contributed by atoms with van der Waals surface area (Å²) in [6, 6.07) is 14.4. The van der Waals surface area contributed by atoms with Gasteiger partial charge in [0, 0.05) is 18.7 Å². The Kier molecular flexibility index (Phi) is 5.18. The maximum Gasteiger partial charge on any atom is 0.227 e. The van der Waals surface area contributed by atoms with Crippen molar-refractivity contribution in [2.75, 3.05) is 18.4 Å². The molecule has 4 rings (SSSR count). The largest absolute Gasteiger partial charge is 0.330 e. The van der Waals surface area contributed by atoms with Gasteiger partial charge in [0.15, 0.2) is 0 Å². The predicted molar refractivity (Wildman–Crippen MR) is 113 cm³/mol. The van der Waals surface area contributed by atoms with E-state index in [2.05, 4.69) is 53.0 Å². The Morgan fingerprint density at radius 2 is 1.89 bits per heavy atom. The number of carbonyl (C=O) groups excluding carboxylic acids is 1. The molecule has 1 fully saturated rings. The fourth-order valence-corrected chi connectivity index (χ4v) is 4.00. The highest BCUT2D eigenvalue weighted by Crippen LogP contribution is 2.23. The molecule has 3 aromatic rings. The molecule has 1 amide bonds. The van der Waals surface area contributed by atoms with Crippen LogP contribution in [0.5, 0.6) is 0 Å². The Hall–Kier alpha value is -2.66. The number of rotatable bonds is 4. The first kappa shape index (κ1) is 18.7. The van der Waals surface area contributed by atoms with Crippen LogP contribution in [-0.2, 0) is 18.4 Å². The number of amides is 1. The first-order valence-electron chi connectivity index (χ1n) is 10.0. The van der Waals surface area contributed by atoms with Crippen LogP contribution < -0.4 is 5.32 Å². The summed E-state index contributed by atoms with van der Waals surface area (Å²) < 4.78 is 2.18. The Balaban J connectivity index is 1.35. The number of hydrogen-bond acceptors (Lipinski definition) is 3. The van der Waals surface area contributed by atoms with Gasteiger partial charge in [-0.25, -0.2) is 4.98 Å². The van der Waals surface area contributed by atoms with Gasteiger partial charge < -0.3 is 9.88 Å². The van der Waals surface area contributed by atoms with Crippen molar-refractivity contribution in [3.63, 3.8) is 0 Å². The Morgan fingerprint density at radius 3 is 2.64 bits per heavy atom. The molecule has 0 aliphatic carbocycles. The van der Waals surface area contributed by atoms with Gasteiger partial charge in [0.2, 0.25) is 5.91 Å². The molecule has 2 aromatic carbocycles. The van der Waals surface area contributed by atoms with Crippen molar-refractivity contribution >= 4 is 22.6 Å². The van der Waals surface area contributed by atoms with Crippen LogP contribution in [-0.4, -0.2) is 33.4 Å². The summed E-state index contributed by atoms with van der Waals surface area (Å²) in [6.07, 6.45) is 1.78. The fourth-order valence-electron chi connectivity index (χ4n) is 4.00. The third-order valence-electron chi connectivity index (χ3n) is 5.85. The maximum absolute atomic E-state index is 12.7. The molecule has 5 nitrogen and oxygen atoms in total. The number of carbonyl (C=O) groups is 1. The first-order chi connectivity index (χ1) is 13.5. The lowest BCUT2D eigenvalue weighted by Crippen LogP contribution is -2.38. The third-order valence-corrected chi connectivity index (χ3v) is 5.85. The lowest BCUT2D eigenvalue weighted by Gasteiger charge is -2.31. The highest BCUT2D eigenvalue weighted by Gasteiger charge is 2.26. The molecule has 1 aliphatic heterocycles. The molecule has 1 aliphatic rings. The van der Waals surface area contributed by atoms with Gasteiger partial charge in [-0.3, -0.25) is 9.69 Å². The van der Waals surface area contributed by atoms with E-state index in [0.717, 1.165) is 60.6 Å². The standard InChI is InChI=1S/C23H28N4O/c1-16-8-9-17(2)20(14-16)25-23(28)18-10-12-27(13-11-18)15-22-24-19-6-4-5-7-21(19)26(22)3/h4-9,14,18H,10-13,15H2,1-3H3,(H,25,28). The van der Waals surface area contributed by atoms with Crippen molar-refractivity contribution < 1.29 is 4.79 Å². The molecular weight excluding hydrogens is 348 g/mol. The van der Waals surface area contributed by atoms with E-state index in [9.17, 15) is 4.79 Å². The van der Waals surface area contributed by atoms with Gasteiger partial charge in [0.05, 0.1) is 17.6 Å². The van der Waals surface area contributed by atoms with Gasteiger partial charge in [-0.05, 0) is 69.1 Å². The number of aryl methyl sites for hydroxylation is 3. The van der Waals surface area contributed by atoms with Crippen LogP contribution in [0.1, 0.15) is 29.8 Å². The first-order valence-corrected chi connectivity index (χ1v) is 10.0. The van der Waals surface area contributed by atoms with Gasteiger partial charge in [0.25, 0.3) is 0 Å². The van der Waals surface area contributed by atoms with Crippen LogP contribution in [0, 0.1) is 19.8 Å². The Bertz CT molecular complexity index is 999. The third kappa shape index (κ3) is 3.80. The number of nitrogens with one attached hydrogen (secondary N) is 1. The second kappa shape index (κ2) is 7.76. The van der Waals surface area contributed by atoms with Crippen LogP contribution in [0.3, 0.4) is 0 Å². The summed E-state index contributed by atoms with van der Waals surface area (Å²) in [5, 5.41) is 3.14. The van der Waals surface area contributed by atoms with Crippen molar-refractivity contribution in [3.8, 4) is 0 Å². The number of para-hydroxylation sites is 2. The highest BCUT2D eigenvalue weighted by atomic mass is 16.1. The van der Waals surface area contributed by atoms with Gasteiger partial charge in [-0.1, -0.05) is 24.3 Å². The normalized spacial score (nSPS) is 15.8. The highest BCUT2D eigenvalue weighted by molar-refractivity contribution is 5.93. The number of anilines is 1. The van der Waals surface area contributed by atoms with Crippen molar-refractivity contribution in [2.24, 2.45) is 13.0 Å². The summed E-state index contributed by atoms with van der Waals surface area (Å²) in [5.74, 6) is 1.31. The summed E-state index contributed by atoms with van der Waals surface area (Å²) in [5.41, 5.74) is 5.42. The van der Waals surface area contributed by atoms with Crippen molar-refractivity contribution in [2.45, 2.75) is 33.2 Å². The number of nitrogens with zero attached hydrogens (tertiary/aromatic N) is 3. The van der Waals surface area contributed by atoms with E-state index in [-0.39, 0.29) is 11.8 Å². The van der Waals surface area contributed by atoms with Crippen LogP contribution >= 0.6 is 0 Å². The monoisotopic (exact) mass is 376 g/mol. The second-order valence-electron chi connectivity index (χ2n) is 7.93. The number of hydrogen-bond donors (Lipinski definition) is 1. The van der Waals surface area contributed by atoms with E-state index in [4.69, 9.17) is 4.98 Å². The molecule has 0 atom stereocenters. The lowest BCUT2D eigenvalue weighted by atomic mass is 9.95. The molecule has 0 radical (unpaired) electrons. The molecular formula is C23H28N4O. The van der Waals surface area contributed by atoms with Crippen molar-refractivity contribution in [3.05, 3.63) is 59.4 Å². The van der Waals surface area contributed by atoms with Crippen molar-refractivity contribution in [1.82, 2.24) is 14.5 Å². The molecule has 0 bridgehead atoms. The minimum Gasteiger partial charge on any atom is -0.330 e. The zero-order valence-corrected chi connectivity index (χ0v) is 16.9. The van der Waals surface area contributed by atoms with E-state index in [0.29, 0.717) is 0 Å². The predicted octanol–water partition coefficient (Wildman–Crippen LogP) is 4.04. The molecule has 0 saturated carbocycles. The molecule has 28 heavy (non-hydrogen) atoms. The smallest absolute Gasteiger partial charge is 0.227 e. The number of likely N-dealkylation sites (tertiary alicyclic amines) is 1. The van der Waals surface area contributed by atoms with E-state index in [1.165, 1.54) is 5.52 Å². The molecule has 1 N–H and O–H groups in total. The minimum atomic E-state index is 0.0802. The SMILES string of the molecule is Cc1ccc(C)c(NC(=O)C2CCN(Cc3nc4ccccc4n3C)CC2)c1. The van der Waals surface area contributed by atoms with Gasteiger partial charge in [-0.15, -0.1) is 0 Å². The average Bonchev–Trinajstić information content (AvgIpc) is 3.01. The number of fused-ring (bicyclic) bond motifs is 1. The zero-order chi connectivity index (χ0) is 19.7. The molecule has 1 aromatic heterocycles. The summed E-state index contributed by atoms with van der Waals surface area (Å²) in [4.78, 5) is 19.9. The van der Waals surface area contributed by atoms with E-state index in [1.54, 1.807) is 0 Å². The van der Waals surface area contributed by atoms with Crippen LogP contribution in [0.15, 0.2) is 42.5 Å². The minimum absolute atomic E-state index is 0.0802. The van der Waals surface area contributed by atoms with Crippen LogP contribution in [0.25, 0.3) is 11.0 Å². The average molecular weight is 377 g/mol. The molecule has 0 spiro atoms. The number of aromatic nitrogens is 2. The van der Waals surface area contributed by atoms with Crippen molar-refractivity contribution in [1.29, 1.82) is 0 Å². The molecule has 1 saturated heterocycles. The lowest BCUT2D eigenvalue weighted by molar-refractivity contribution is -0.121. The molecule has 5 heteroatoms.